The Balaban J connectivity index is 2.69. The number of carbonyl (C=O) groups excluding carboxylic acids is 1. The van der Waals surface area contributed by atoms with Crippen molar-refractivity contribution in [1.29, 1.82) is 0 Å². The van der Waals surface area contributed by atoms with E-state index in [-0.39, 0.29) is 5.56 Å². The Bertz CT molecular complexity index is 871. The van der Waals surface area contributed by atoms with Crippen LogP contribution in [0.25, 0.3) is 0 Å². The maximum absolute atomic E-state index is 12.7. The van der Waals surface area contributed by atoms with Gasteiger partial charge in [0.1, 0.15) is 5.56 Å². The summed E-state index contributed by atoms with van der Waals surface area (Å²) < 4.78 is 7.12. The van der Waals surface area contributed by atoms with E-state index in [1.165, 1.54) is 11.7 Å². The van der Waals surface area contributed by atoms with Gasteiger partial charge >= 0.3 is 11.9 Å². The molecule has 1 aromatic heterocycles. The van der Waals surface area contributed by atoms with E-state index in [0.29, 0.717) is 25.1 Å². The van der Waals surface area contributed by atoms with Crippen molar-refractivity contribution in [3.05, 3.63) is 67.5 Å². The second-order valence-electron chi connectivity index (χ2n) is 5.83. The first-order valence-corrected chi connectivity index (χ1v) is 9.01. The first-order chi connectivity index (χ1) is 12.4. The third-order valence-corrected chi connectivity index (χ3v) is 4.59. The van der Waals surface area contributed by atoms with Crippen LogP contribution < -0.4 is 5.56 Å². The van der Waals surface area contributed by atoms with Gasteiger partial charge in [0, 0.05) is 23.1 Å². The van der Waals surface area contributed by atoms with E-state index in [0.717, 1.165) is 22.5 Å². The molecule has 0 aliphatic carbocycles. The van der Waals surface area contributed by atoms with Gasteiger partial charge in [-0.3, -0.25) is 4.79 Å². The van der Waals surface area contributed by atoms with Gasteiger partial charge in [0.2, 0.25) is 0 Å². The maximum Gasteiger partial charge on any atom is 0.341 e. The molecule has 0 saturated heterocycles. The lowest BCUT2D eigenvalue weighted by Crippen LogP contribution is -2.32. The minimum absolute atomic E-state index is 0.100. The fourth-order valence-corrected chi connectivity index (χ4v) is 2.95. The summed E-state index contributed by atoms with van der Waals surface area (Å²) in [5.74, 6) is -2.02. The average molecular weight is 422 g/mol. The smallest absolute Gasteiger partial charge is 0.341 e. The van der Waals surface area contributed by atoms with Crippen LogP contribution in [0.3, 0.4) is 0 Å². The number of carboxylic acids is 1. The van der Waals surface area contributed by atoms with E-state index in [1.54, 1.807) is 0 Å². The summed E-state index contributed by atoms with van der Waals surface area (Å²) in [5.41, 5.74) is 0.420. The Morgan fingerprint density at radius 2 is 1.85 bits per heavy atom. The topological polar surface area (TPSA) is 85.6 Å². The van der Waals surface area contributed by atoms with Crippen molar-refractivity contribution in [2.75, 3.05) is 7.11 Å². The van der Waals surface area contributed by atoms with Gasteiger partial charge in [0.25, 0.3) is 5.56 Å². The van der Waals surface area contributed by atoms with Gasteiger partial charge in [-0.25, -0.2) is 9.59 Å². The number of halogens is 1. The quantitative estimate of drug-likeness (QED) is 0.691. The zero-order valence-corrected chi connectivity index (χ0v) is 16.2. The van der Waals surface area contributed by atoms with Crippen LogP contribution >= 0.6 is 15.9 Å². The summed E-state index contributed by atoms with van der Waals surface area (Å²) in [5, 5.41) is 9.33. The molecule has 138 valence electrons. The molecule has 6 nitrogen and oxygen atoms in total. The van der Waals surface area contributed by atoms with Crippen LogP contribution in [0.1, 0.15) is 51.7 Å². The predicted molar refractivity (Wildman–Crippen MR) is 101 cm³/mol. The molecular formula is C19H20BrNO5. The van der Waals surface area contributed by atoms with Gasteiger partial charge in [-0.05, 0) is 30.2 Å². The highest BCUT2D eigenvalue weighted by Crippen LogP contribution is 2.19. The highest BCUT2D eigenvalue weighted by Gasteiger charge is 2.23. The molecule has 0 radical (unpaired) electrons. The number of ether oxygens (including phenoxy) is 1. The summed E-state index contributed by atoms with van der Waals surface area (Å²) in [6.07, 6.45) is 1.84. The molecule has 0 aliphatic rings. The van der Waals surface area contributed by atoms with Crippen LogP contribution in [-0.4, -0.2) is 28.7 Å². The maximum atomic E-state index is 12.7. The third kappa shape index (κ3) is 4.40. The zero-order valence-electron chi connectivity index (χ0n) is 14.6. The van der Waals surface area contributed by atoms with Crippen LogP contribution in [0.5, 0.6) is 0 Å². The summed E-state index contributed by atoms with van der Waals surface area (Å²) in [7, 11) is 1.23. The van der Waals surface area contributed by atoms with Crippen molar-refractivity contribution in [3.8, 4) is 0 Å². The SMILES string of the molecule is CCCCn1c(Cc2ccc(Br)cc2)c(C(=O)OC)cc(C(=O)O)c1=O. The first kappa shape index (κ1) is 19.9. The van der Waals surface area contributed by atoms with Gasteiger partial charge < -0.3 is 14.4 Å². The molecule has 0 unspecified atom stereocenters. The first-order valence-electron chi connectivity index (χ1n) is 8.21. The minimum Gasteiger partial charge on any atom is -0.477 e. The lowest BCUT2D eigenvalue weighted by atomic mass is 10.0. The van der Waals surface area contributed by atoms with Crippen LogP contribution in [0.15, 0.2) is 39.6 Å². The number of benzene rings is 1. The van der Waals surface area contributed by atoms with Crippen molar-refractivity contribution in [2.45, 2.75) is 32.7 Å². The van der Waals surface area contributed by atoms with Gasteiger partial charge in [-0.2, -0.15) is 0 Å². The molecule has 0 fully saturated rings. The fraction of sp³-hybridized carbons (Fsp3) is 0.316. The van der Waals surface area contributed by atoms with Crippen molar-refractivity contribution >= 4 is 27.9 Å². The standard InChI is InChI=1S/C19H20BrNO5/c1-3-4-9-21-16(10-12-5-7-13(20)8-6-12)14(19(25)26-2)11-15(17(21)22)18(23)24/h5-8,11H,3-4,9-10H2,1-2H3,(H,23,24). The molecule has 2 aromatic rings. The number of aromatic nitrogens is 1. The van der Waals surface area contributed by atoms with E-state index < -0.39 is 23.1 Å². The molecule has 0 spiro atoms. The fourth-order valence-electron chi connectivity index (χ4n) is 2.68. The molecule has 0 bridgehead atoms. The Morgan fingerprint density at radius 1 is 1.19 bits per heavy atom. The number of carbonyl (C=O) groups is 2. The van der Waals surface area contributed by atoms with Gasteiger partial charge in [0.05, 0.1) is 12.7 Å². The Hall–Kier alpha value is -2.41. The van der Waals surface area contributed by atoms with Gasteiger partial charge in [0.15, 0.2) is 0 Å². The highest BCUT2D eigenvalue weighted by atomic mass is 79.9. The van der Waals surface area contributed by atoms with Crippen LogP contribution in [0, 0.1) is 0 Å². The van der Waals surface area contributed by atoms with Crippen molar-refractivity contribution in [1.82, 2.24) is 4.57 Å². The van der Waals surface area contributed by atoms with E-state index in [4.69, 9.17) is 4.74 Å². The normalized spacial score (nSPS) is 10.6. The lowest BCUT2D eigenvalue weighted by molar-refractivity contribution is 0.0598. The molecule has 7 heteroatoms. The van der Waals surface area contributed by atoms with Crippen LogP contribution in [0.4, 0.5) is 0 Å². The zero-order chi connectivity index (χ0) is 19.3. The number of esters is 1. The number of rotatable bonds is 7. The van der Waals surface area contributed by atoms with Crippen molar-refractivity contribution < 1.29 is 19.4 Å². The molecule has 2 rings (SSSR count). The third-order valence-electron chi connectivity index (χ3n) is 4.06. The molecule has 26 heavy (non-hydrogen) atoms. The number of pyridine rings is 1. The summed E-state index contributed by atoms with van der Waals surface area (Å²) >= 11 is 3.37. The predicted octanol–water partition coefficient (Wildman–Crippen LogP) is 3.49. The summed E-state index contributed by atoms with van der Waals surface area (Å²) in [6.45, 7) is 2.31. The number of hydrogen-bond donors (Lipinski definition) is 1. The molecule has 0 aliphatic heterocycles. The average Bonchev–Trinajstić information content (AvgIpc) is 2.62. The molecule has 1 aromatic carbocycles. The number of carboxylic acid groups (broad SMARTS) is 1. The Kier molecular flexibility index (Phi) is 6.74. The molecule has 0 atom stereocenters. The monoisotopic (exact) mass is 421 g/mol. The molecule has 1 N–H and O–H groups in total. The number of hydrogen-bond acceptors (Lipinski definition) is 4. The summed E-state index contributed by atoms with van der Waals surface area (Å²) in [4.78, 5) is 36.4. The molecule has 0 amide bonds. The largest absolute Gasteiger partial charge is 0.477 e. The van der Waals surface area contributed by atoms with E-state index in [2.05, 4.69) is 15.9 Å². The Morgan fingerprint density at radius 3 is 2.38 bits per heavy atom. The van der Waals surface area contributed by atoms with Crippen LogP contribution in [-0.2, 0) is 17.7 Å². The van der Waals surface area contributed by atoms with E-state index in [1.807, 2.05) is 31.2 Å². The Labute approximate surface area is 159 Å². The number of nitrogens with zero attached hydrogens (tertiary/aromatic N) is 1. The molecular weight excluding hydrogens is 402 g/mol. The van der Waals surface area contributed by atoms with Crippen molar-refractivity contribution in [3.63, 3.8) is 0 Å². The summed E-state index contributed by atoms with van der Waals surface area (Å²) in [6, 6.07) is 8.61. The van der Waals surface area contributed by atoms with Gasteiger partial charge in [-0.1, -0.05) is 41.4 Å². The number of aromatic carboxylic acids is 1. The number of unbranched alkanes of at least 4 members (excludes halogenated alkanes) is 1. The highest BCUT2D eigenvalue weighted by molar-refractivity contribution is 9.10. The van der Waals surface area contributed by atoms with E-state index in [9.17, 15) is 19.5 Å². The van der Waals surface area contributed by atoms with Crippen molar-refractivity contribution in [2.24, 2.45) is 0 Å². The molecule has 1 heterocycles. The second-order valence-corrected chi connectivity index (χ2v) is 6.74. The molecule has 0 saturated carbocycles. The van der Waals surface area contributed by atoms with Crippen LogP contribution in [0.2, 0.25) is 0 Å². The second kappa shape index (κ2) is 8.80. The minimum atomic E-state index is -1.36. The van der Waals surface area contributed by atoms with E-state index >= 15 is 0 Å². The number of methoxy groups -OCH3 is 1. The van der Waals surface area contributed by atoms with Gasteiger partial charge in [-0.15, -0.1) is 0 Å². The lowest BCUT2D eigenvalue weighted by Gasteiger charge is -2.17.